The van der Waals surface area contributed by atoms with Crippen LogP contribution in [-0.2, 0) is 9.53 Å². The summed E-state index contributed by atoms with van der Waals surface area (Å²) >= 11 is 0. The van der Waals surface area contributed by atoms with Gasteiger partial charge in [-0.3, -0.25) is 4.79 Å². The first kappa shape index (κ1) is 14.9. The van der Waals surface area contributed by atoms with Crippen molar-refractivity contribution in [1.29, 1.82) is 0 Å². The molecule has 19 heavy (non-hydrogen) atoms. The Morgan fingerprint density at radius 1 is 1.37 bits per heavy atom. The number of hydrogen-bond acceptors (Lipinski definition) is 2. The summed E-state index contributed by atoms with van der Waals surface area (Å²) < 4.78 is 6.13. The maximum atomic E-state index is 12.6. The highest BCUT2D eigenvalue weighted by Gasteiger charge is 2.53. The third-order valence-corrected chi connectivity index (χ3v) is 6.18. The molecule has 2 fully saturated rings. The maximum Gasteiger partial charge on any atom is 0.312 e. The molecule has 4 unspecified atom stereocenters. The van der Waals surface area contributed by atoms with E-state index in [1.165, 1.54) is 19.3 Å². The summed E-state index contributed by atoms with van der Waals surface area (Å²) in [5.74, 6) is 1.83. The molecular formula is C17H30O2. The molecule has 0 radical (unpaired) electrons. The molecule has 2 bridgehead atoms. The molecule has 0 aliphatic heterocycles. The molecule has 2 heteroatoms. The Balaban J connectivity index is 2.09. The molecule has 110 valence electrons. The van der Waals surface area contributed by atoms with Crippen LogP contribution in [0, 0.1) is 23.2 Å². The van der Waals surface area contributed by atoms with Gasteiger partial charge in [-0.05, 0) is 63.7 Å². The Labute approximate surface area is 118 Å². The van der Waals surface area contributed by atoms with E-state index in [1.54, 1.807) is 0 Å². The number of ether oxygens (including phenoxy) is 1. The first-order chi connectivity index (χ1) is 8.85. The van der Waals surface area contributed by atoms with E-state index in [9.17, 15) is 4.79 Å². The summed E-state index contributed by atoms with van der Waals surface area (Å²) in [6, 6.07) is 0. The largest absolute Gasteiger partial charge is 0.458 e. The highest BCUT2D eigenvalue weighted by molar-refractivity contribution is 5.76. The van der Waals surface area contributed by atoms with Crippen LogP contribution in [0.5, 0.6) is 0 Å². The first-order valence-corrected chi connectivity index (χ1v) is 8.09. The lowest BCUT2D eigenvalue weighted by atomic mass is 9.77. The van der Waals surface area contributed by atoms with Crippen LogP contribution in [0.15, 0.2) is 0 Å². The Bertz CT molecular complexity index is 347. The molecule has 0 aromatic heterocycles. The van der Waals surface area contributed by atoms with Crippen molar-refractivity contribution in [3.8, 4) is 0 Å². The van der Waals surface area contributed by atoms with Crippen molar-refractivity contribution in [2.75, 3.05) is 0 Å². The molecule has 0 N–H and O–H groups in total. The fourth-order valence-corrected chi connectivity index (χ4v) is 4.05. The van der Waals surface area contributed by atoms with E-state index in [1.807, 2.05) is 13.8 Å². The average Bonchev–Trinajstić information content (AvgIpc) is 2.98. The first-order valence-electron chi connectivity index (χ1n) is 8.09. The lowest BCUT2D eigenvalue weighted by Crippen LogP contribution is -2.45. The van der Waals surface area contributed by atoms with Crippen LogP contribution in [0.4, 0.5) is 0 Å². The summed E-state index contributed by atoms with van der Waals surface area (Å²) in [6.07, 6.45) is 7.00. The number of carbonyl (C=O) groups excluding carboxylic acids is 1. The molecule has 0 amide bonds. The number of fused-ring (bicyclic) bond motifs is 2. The molecular weight excluding hydrogens is 236 g/mol. The monoisotopic (exact) mass is 266 g/mol. The minimum atomic E-state index is -0.362. The lowest BCUT2D eigenvalue weighted by Gasteiger charge is -2.40. The van der Waals surface area contributed by atoms with E-state index in [0.29, 0.717) is 11.8 Å². The van der Waals surface area contributed by atoms with Crippen molar-refractivity contribution in [2.45, 2.75) is 78.7 Å². The summed E-state index contributed by atoms with van der Waals surface area (Å²) in [5.41, 5.74) is -0.497. The van der Waals surface area contributed by atoms with E-state index in [4.69, 9.17) is 4.74 Å². The minimum Gasteiger partial charge on any atom is -0.458 e. The van der Waals surface area contributed by atoms with Crippen molar-refractivity contribution < 1.29 is 9.53 Å². The molecule has 0 heterocycles. The minimum absolute atomic E-state index is 0.0243. The quantitative estimate of drug-likeness (QED) is 0.681. The van der Waals surface area contributed by atoms with Gasteiger partial charge in [0, 0.05) is 0 Å². The van der Waals surface area contributed by atoms with Crippen LogP contribution in [0.25, 0.3) is 0 Å². The summed E-state index contributed by atoms with van der Waals surface area (Å²) in [5, 5.41) is 0. The van der Waals surface area contributed by atoms with Crippen molar-refractivity contribution >= 4 is 5.97 Å². The Hall–Kier alpha value is -0.530. The fourth-order valence-electron chi connectivity index (χ4n) is 4.05. The molecule has 0 saturated heterocycles. The second-order valence-electron chi connectivity index (χ2n) is 7.42. The lowest BCUT2D eigenvalue weighted by molar-refractivity contribution is -0.180. The second-order valence-corrected chi connectivity index (χ2v) is 7.42. The second kappa shape index (κ2) is 5.10. The number of esters is 1. The SMILES string of the molecule is CCC(C)C(C)(C)C(=O)OC1(CC)CC2CCC1C2. The molecule has 4 atom stereocenters. The zero-order valence-corrected chi connectivity index (χ0v) is 13.3. The van der Waals surface area contributed by atoms with E-state index >= 15 is 0 Å². The Kier molecular flexibility index (Phi) is 3.99. The maximum absolute atomic E-state index is 12.6. The third-order valence-electron chi connectivity index (χ3n) is 6.18. The van der Waals surface area contributed by atoms with Gasteiger partial charge in [0.15, 0.2) is 0 Å². The van der Waals surface area contributed by atoms with Crippen molar-refractivity contribution in [3.63, 3.8) is 0 Å². The van der Waals surface area contributed by atoms with E-state index in [-0.39, 0.29) is 17.0 Å². The van der Waals surface area contributed by atoms with Crippen molar-refractivity contribution in [1.82, 2.24) is 0 Å². The van der Waals surface area contributed by atoms with Gasteiger partial charge in [0.25, 0.3) is 0 Å². The molecule has 0 aromatic rings. The zero-order valence-electron chi connectivity index (χ0n) is 13.3. The molecule has 2 nitrogen and oxygen atoms in total. The van der Waals surface area contributed by atoms with Gasteiger partial charge in [0.1, 0.15) is 5.60 Å². The Morgan fingerprint density at radius 2 is 2.05 bits per heavy atom. The van der Waals surface area contributed by atoms with Gasteiger partial charge < -0.3 is 4.74 Å². The summed E-state index contributed by atoms with van der Waals surface area (Å²) in [6.45, 7) is 10.6. The van der Waals surface area contributed by atoms with E-state index < -0.39 is 0 Å². The highest BCUT2D eigenvalue weighted by atomic mass is 16.6. The topological polar surface area (TPSA) is 26.3 Å². The molecule has 2 saturated carbocycles. The van der Waals surface area contributed by atoms with Crippen LogP contribution in [-0.4, -0.2) is 11.6 Å². The predicted molar refractivity (Wildman–Crippen MR) is 77.8 cm³/mol. The van der Waals surface area contributed by atoms with Crippen LogP contribution >= 0.6 is 0 Å². The van der Waals surface area contributed by atoms with Gasteiger partial charge in [-0.25, -0.2) is 0 Å². The summed E-state index contributed by atoms with van der Waals surface area (Å²) in [7, 11) is 0. The van der Waals surface area contributed by atoms with E-state index in [2.05, 4.69) is 20.8 Å². The number of hydrogen-bond donors (Lipinski definition) is 0. The fraction of sp³-hybridized carbons (Fsp3) is 0.941. The van der Waals surface area contributed by atoms with Crippen LogP contribution in [0.3, 0.4) is 0 Å². The molecule has 0 aromatic carbocycles. The Morgan fingerprint density at radius 3 is 2.47 bits per heavy atom. The highest BCUT2D eigenvalue weighted by Crippen LogP contribution is 2.54. The van der Waals surface area contributed by atoms with Crippen molar-refractivity contribution in [2.24, 2.45) is 23.2 Å². The predicted octanol–water partition coefficient (Wildman–Crippen LogP) is 4.57. The number of carbonyl (C=O) groups is 1. The normalized spacial score (nSPS) is 35.4. The average molecular weight is 266 g/mol. The van der Waals surface area contributed by atoms with Crippen LogP contribution < -0.4 is 0 Å². The standard InChI is InChI=1S/C17H30O2/c1-6-12(3)16(4,5)15(18)19-17(7-2)11-13-8-9-14(17)10-13/h12-14H,6-11H2,1-5H3. The summed E-state index contributed by atoms with van der Waals surface area (Å²) in [4.78, 5) is 12.6. The van der Waals surface area contributed by atoms with Gasteiger partial charge >= 0.3 is 5.97 Å². The van der Waals surface area contributed by atoms with Gasteiger partial charge in [0.05, 0.1) is 5.41 Å². The van der Waals surface area contributed by atoms with E-state index in [0.717, 1.165) is 25.2 Å². The third kappa shape index (κ3) is 2.43. The van der Waals surface area contributed by atoms with Gasteiger partial charge in [-0.15, -0.1) is 0 Å². The smallest absolute Gasteiger partial charge is 0.312 e. The van der Waals surface area contributed by atoms with Crippen molar-refractivity contribution in [3.05, 3.63) is 0 Å². The number of rotatable bonds is 5. The van der Waals surface area contributed by atoms with Gasteiger partial charge in [-0.1, -0.05) is 27.2 Å². The van der Waals surface area contributed by atoms with Crippen LogP contribution in [0.1, 0.15) is 73.1 Å². The molecule has 2 aliphatic rings. The molecule has 0 spiro atoms. The van der Waals surface area contributed by atoms with Crippen LogP contribution in [0.2, 0.25) is 0 Å². The zero-order chi connectivity index (χ0) is 14.3. The molecule has 2 aliphatic carbocycles. The van der Waals surface area contributed by atoms with Gasteiger partial charge in [0.2, 0.25) is 0 Å². The van der Waals surface area contributed by atoms with Gasteiger partial charge in [-0.2, -0.15) is 0 Å². The molecule has 2 rings (SSSR count).